The molecule has 0 radical (unpaired) electrons. The first-order valence-electron chi connectivity index (χ1n) is 6.72. The molecule has 0 bridgehead atoms. The fourth-order valence-corrected chi connectivity index (χ4v) is 2.78. The van der Waals surface area contributed by atoms with Gasteiger partial charge in [0.15, 0.2) is 11.5 Å². The molecule has 2 heterocycles. The highest BCUT2D eigenvalue weighted by Crippen LogP contribution is 2.35. The van der Waals surface area contributed by atoms with E-state index in [1.807, 2.05) is 6.07 Å². The van der Waals surface area contributed by atoms with Gasteiger partial charge in [0.1, 0.15) is 0 Å². The number of hydrogen-bond acceptors (Lipinski definition) is 4. The number of fused-ring (bicyclic) bond motifs is 1. The van der Waals surface area contributed by atoms with Crippen LogP contribution in [0.4, 0.5) is 0 Å². The zero-order chi connectivity index (χ0) is 13.9. The molecule has 1 fully saturated rings. The highest BCUT2D eigenvalue weighted by Gasteiger charge is 2.23. The Morgan fingerprint density at radius 1 is 1.05 bits per heavy atom. The SMILES string of the molecule is O=C(c1cc2c(cc1Br)OCCCO2)N1CCOCC1. The van der Waals surface area contributed by atoms with Crippen LogP contribution in [0.2, 0.25) is 0 Å². The summed E-state index contributed by atoms with van der Waals surface area (Å²) in [6.07, 6.45) is 0.846. The highest BCUT2D eigenvalue weighted by atomic mass is 79.9. The van der Waals surface area contributed by atoms with E-state index in [9.17, 15) is 4.79 Å². The van der Waals surface area contributed by atoms with Gasteiger partial charge in [-0.05, 0) is 28.1 Å². The average molecular weight is 342 g/mol. The van der Waals surface area contributed by atoms with E-state index in [1.54, 1.807) is 11.0 Å². The monoisotopic (exact) mass is 341 g/mol. The average Bonchev–Trinajstić information content (AvgIpc) is 2.71. The van der Waals surface area contributed by atoms with Gasteiger partial charge in [-0.3, -0.25) is 4.79 Å². The van der Waals surface area contributed by atoms with Crippen molar-refractivity contribution in [2.45, 2.75) is 6.42 Å². The van der Waals surface area contributed by atoms with Crippen LogP contribution in [0.3, 0.4) is 0 Å². The Morgan fingerprint density at radius 2 is 1.70 bits per heavy atom. The molecule has 6 heteroatoms. The van der Waals surface area contributed by atoms with Gasteiger partial charge in [0, 0.05) is 24.0 Å². The quantitative estimate of drug-likeness (QED) is 0.784. The number of benzene rings is 1. The van der Waals surface area contributed by atoms with Gasteiger partial charge in [0.2, 0.25) is 0 Å². The fourth-order valence-electron chi connectivity index (χ4n) is 2.28. The molecule has 2 aliphatic heterocycles. The summed E-state index contributed by atoms with van der Waals surface area (Å²) in [5.74, 6) is 1.33. The topological polar surface area (TPSA) is 48.0 Å². The van der Waals surface area contributed by atoms with E-state index in [0.717, 1.165) is 10.9 Å². The van der Waals surface area contributed by atoms with Crippen molar-refractivity contribution in [2.75, 3.05) is 39.5 Å². The van der Waals surface area contributed by atoms with Crippen LogP contribution < -0.4 is 9.47 Å². The van der Waals surface area contributed by atoms with Crippen molar-refractivity contribution in [1.82, 2.24) is 4.90 Å². The minimum Gasteiger partial charge on any atom is -0.490 e. The lowest BCUT2D eigenvalue weighted by Crippen LogP contribution is -2.40. The first-order chi connectivity index (χ1) is 9.75. The van der Waals surface area contributed by atoms with Crippen molar-refractivity contribution in [3.63, 3.8) is 0 Å². The second kappa shape index (κ2) is 6.01. The normalized spacial score (nSPS) is 18.6. The third kappa shape index (κ3) is 2.76. The predicted molar refractivity (Wildman–Crippen MR) is 76.5 cm³/mol. The van der Waals surface area contributed by atoms with Gasteiger partial charge in [0.25, 0.3) is 5.91 Å². The summed E-state index contributed by atoms with van der Waals surface area (Å²) >= 11 is 3.45. The molecular weight excluding hydrogens is 326 g/mol. The predicted octanol–water partition coefficient (Wildman–Crippen LogP) is 2.08. The van der Waals surface area contributed by atoms with Crippen LogP contribution in [0, 0.1) is 0 Å². The molecule has 1 aromatic rings. The zero-order valence-corrected chi connectivity index (χ0v) is 12.6. The smallest absolute Gasteiger partial charge is 0.255 e. The minimum atomic E-state index is -0.00387. The second-order valence-corrected chi connectivity index (χ2v) is 5.59. The van der Waals surface area contributed by atoms with E-state index in [1.165, 1.54) is 0 Å². The molecule has 2 aliphatic rings. The molecule has 108 valence electrons. The van der Waals surface area contributed by atoms with Crippen LogP contribution in [0.15, 0.2) is 16.6 Å². The third-order valence-corrected chi connectivity index (χ3v) is 4.02. The molecule has 1 amide bonds. The van der Waals surface area contributed by atoms with Crippen molar-refractivity contribution in [3.8, 4) is 11.5 Å². The molecular formula is C14H16BrNO4. The molecule has 20 heavy (non-hydrogen) atoms. The Morgan fingerprint density at radius 3 is 2.40 bits per heavy atom. The molecule has 0 unspecified atom stereocenters. The number of amides is 1. The maximum Gasteiger partial charge on any atom is 0.255 e. The van der Waals surface area contributed by atoms with Gasteiger partial charge < -0.3 is 19.1 Å². The van der Waals surface area contributed by atoms with Gasteiger partial charge in [-0.2, -0.15) is 0 Å². The molecule has 0 saturated carbocycles. The maximum atomic E-state index is 12.5. The van der Waals surface area contributed by atoms with E-state index in [4.69, 9.17) is 14.2 Å². The first kappa shape index (κ1) is 13.7. The Hall–Kier alpha value is -1.27. The second-order valence-electron chi connectivity index (χ2n) is 4.73. The van der Waals surface area contributed by atoms with Gasteiger partial charge in [-0.25, -0.2) is 0 Å². The molecule has 0 N–H and O–H groups in total. The van der Waals surface area contributed by atoms with E-state index < -0.39 is 0 Å². The number of carbonyl (C=O) groups excluding carboxylic acids is 1. The van der Waals surface area contributed by atoms with Crippen molar-refractivity contribution in [3.05, 3.63) is 22.2 Å². The lowest BCUT2D eigenvalue weighted by atomic mass is 10.1. The van der Waals surface area contributed by atoms with Gasteiger partial charge in [-0.15, -0.1) is 0 Å². The van der Waals surface area contributed by atoms with E-state index in [2.05, 4.69) is 15.9 Å². The van der Waals surface area contributed by atoms with Crippen molar-refractivity contribution < 1.29 is 19.0 Å². The fraction of sp³-hybridized carbons (Fsp3) is 0.500. The number of rotatable bonds is 1. The van der Waals surface area contributed by atoms with Crippen molar-refractivity contribution >= 4 is 21.8 Å². The number of carbonyl (C=O) groups is 1. The molecule has 5 nitrogen and oxygen atoms in total. The maximum absolute atomic E-state index is 12.5. The van der Waals surface area contributed by atoms with Crippen LogP contribution in [0.5, 0.6) is 11.5 Å². The summed E-state index contributed by atoms with van der Waals surface area (Å²) in [4.78, 5) is 14.3. The lowest BCUT2D eigenvalue weighted by molar-refractivity contribution is 0.0302. The molecule has 0 aliphatic carbocycles. The van der Waals surface area contributed by atoms with Crippen LogP contribution in [0.1, 0.15) is 16.8 Å². The zero-order valence-electron chi connectivity index (χ0n) is 11.1. The summed E-state index contributed by atoms with van der Waals surface area (Å²) < 4.78 is 17.3. The number of morpholine rings is 1. The summed E-state index contributed by atoms with van der Waals surface area (Å²) in [5.41, 5.74) is 0.608. The van der Waals surface area contributed by atoms with E-state index >= 15 is 0 Å². The van der Waals surface area contributed by atoms with E-state index in [0.29, 0.717) is 56.6 Å². The molecule has 0 spiro atoms. The third-order valence-electron chi connectivity index (χ3n) is 3.37. The molecule has 1 aromatic carbocycles. The van der Waals surface area contributed by atoms with Crippen LogP contribution in [-0.4, -0.2) is 50.3 Å². The number of ether oxygens (including phenoxy) is 3. The minimum absolute atomic E-state index is 0.00387. The Labute approximate surface area is 125 Å². The highest BCUT2D eigenvalue weighted by molar-refractivity contribution is 9.10. The van der Waals surface area contributed by atoms with Gasteiger partial charge in [0.05, 0.1) is 32.0 Å². The lowest BCUT2D eigenvalue weighted by Gasteiger charge is -2.27. The van der Waals surface area contributed by atoms with Crippen LogP contribution in [0.25, 0.3) is 0 Å². The number of nitrogens with zero attached hydrogens (tertiary/aromatic N) is 1. The Bertz CT molecular complexity index is 514. The summed E-state index contributed by atoms with van der Waals surface area (Å²) in [5, 5.41) is 0. The number of halogens is 1. The largest absolute Gasteiger partial charge is 0.490 e. The van der Waals surface area contributed by atoms with Gasteiger partial charge in [-0.1, -0.05) is 0 Å². The molecule has 1 saturated heterocycles. The standard InChI is InChI=1S/C14H16BrNO4/c15-11-9-13-12(19-4-1-5-20-13)8-10(11)14(17)16-2-6-18-7-3-16/h8-9H,1-7H2. The van der Waals surface area contributed by atoms with E-state index in [-0.39, 0.29) is 5.91 Å². The van der Waals surface area contributed by atoms with Crippen molar-refractivity contribution in [2.24, 2.45) is 0 Å². The van der Waals surface area contributed by atoms with Crippen molar-refractivity contribution in [1.29, 1.82) is 0 Å². The first-order valence-corrected chi connectivity index (χ1v) is 7.51. The molecule has 3 rings (SSSR count). The van der Waals surface area contributed by atoms with Gasteiger partial charge >= 0.3 is 0 Å². The Kier molecular flexibility index (Phi) is 4.12. The molecule has 0 atom stereocenters. The number of hydrogen-bond donors (Lipinski definition) is 0. The van der Waals surface area contributed by atoms with Crippen LogP contribution in [-0.2, 0) is 4.74 Å². The van der Waals surface area contributed by atoms with Crippen LogP contribution >= 0.6 is 15.9 Å². The Balaban J connectivity index is 1.88. The summed E-state index contributed by atoms with van der Waals surface area (Å²) in [6.45, 7) is 3.68. The summed E-state index contributed by atoms with van der Waals surface area (Å²) in [7, 11) is 0. The summed E-state index contributed by atoms with van der Waals surface area (Å²) in [6, 6.07) is 3.58. The molecule has 0 aromatic heterocycles.